The molecule has 2 saturated heterocycles. The number of benzene rings is 2. The van der Waals surface area contributed by atoms with Gasteiger partial charge in [0.15, 0.2) is 0 Å². The van der Waals surface area contributed by atoms with Crippen LogP contribution in [0.25, 0.3) is 0 Å². The number of carbonyl (C=O) groups is 2. The van der Waals surface area contributed by atoms with Gasteiger partial charge in [0.25, 0.3) is 5.91 Å². The zero-order valence-corrected chi connectivity index (χ0v) is 22.0. The van der Waals surface area contributed by atoms with Crippen molar-refractivity contribution in [3.05, 3.63) is 63.6 Å². The van der Waals surface area contributed by atoms with Gasteiger partial charge in [-0.25, -0.2) is 12.7 Å². The van der Waals surface area contributed by atoms with Crippen molar-refractivity contribution in [2.45, 2.75) is 37.5 Å². The summed E-state index contributed by atoms with van der Waals surface area (Å²) in [5.41, 5.74) is 1.27. The fourth-order valence-corrected chi connectivity index (χ4v) is 6.39. The number of carbonyl (C=O) groups excluding carboxylic acids is 2. The molecule has 0 spiro atoms. The minimum Gasteiger partial charge on any atom is -0.376 e. The molecule has 2 aromatic rings. The third kappa shape index (κ3) is 6.77. The lowest BCUT2D eigenvalue weighted by Crippen LogP contribution is -2.44. The van der Waals surface area contributed by atoms with Crippen LogP contribution in [0.5, 0.6) is 0 Å². The van der Waals surface area contributed by atoms with Gasteiger partial charge in [-0.2, -0.15) is 0 Å². The largest absolute Gasteiger partial charge is 0.376 e. The minimum atomic E-state index is -3.67. The molecule has 4 rings (SSSR count). The van der Waals surface area contributed by atoms with Crippen molar-refractivity contribution >= 4 is 50.7 Å². The van der Waals surface area contributed by atoms with Crippen molar-refractivity contribution in [3.63, 3.8) is 0 Å². The molecular weight excluding hydrogens is 525 g/mol. The van der Waals surface area contributed by atoms with E-state index in [-0.39, 0.29) is 30.2 Å². The summed E-state index contributed by atoms with van der Waals surface area (Å²) in [4.78, 5) is 25.9. The van der Waals surface area contributed by atoms with Crippen LogP contribution in [0.4, 0.5) is 5.69 Å². The predicted molar refractivity (Wildman–Crippen MR) is 140 cm³/mol. The number of halogens is 2. The van der Waals surface area contributed by atoms with E-state index in [2.05, 4.69) is 10.6 Å². The molecular formula is C25H29Cl2N3O5S. The summed E-state index contributed by atoms with van der Waals surface area (Å²) in [5.74, 6) is -1.38. The number of nitrogens with zero attached hydrogens (tertiary/aromatic N) is 1. The Hall–Kier alpha value is -2.17. The van der Waals surface area contributed by atoms with Crippen molar-refractivity contribution in [3.8, 4) is 0 Å². The van der Waals surface area contributed by atoms with E-state index in [1.165, 1.54) is 10.4 Å². The summed E-state index contributed by atoms with van der Waals surface area (Å²) in [7, 11) is -3.67. The third-order valence-electron chi connectivity index (χ3n) is 6.43. The van der Waals surface area contributed by atoms with Gasteiger partial charge in [0.05, 0.1) is 39.1 Å². The SMILES string of the molecule is O=C(NC[C@H]1CCCO1)c1ccccc1NC(=O)[C@@H]1CCCN(S(=O)(=O)Cc2ccc(Cl)c(Cl)c2)C1. The van der Waals surface area contributed by atoms with E-state index >= 15 is 0 Å². The maximum absolute atomic E-state index is 13.1. The zero-order valence-electron chi connectivity index (χ0n) is 19.7. The molecule has 0 saturated carbocycles. The molecule has 2 aromatic carbocycles. The van der Waals surface area contributed by atoms with Crippen LogP contribution in [-0.4, -0.2) is 56.9 Å². The standard InChI is InChI=1S/C25H29Cl2N3O5S/c26-21-10-9-17(13-22(21)27)16-36(33,34)30-11-3-5-18(15-30)24(31)29-23-8-2-1-7-20(23)25(32)28-14-19-6-4-12-35-19/h1-2,7-10,13,18-19H,3-6,11-12,14-16H2,(H,28,32)(H,29,31)/t18-,19-/m1/s1. The highest BCUT2D eigenvalue weighted by Crippen LogP contribution is 2.27. The molecule has 194 valence electrons. The molecule has 2 heterocycles. The van der Waals surface area contributed by atoms with Crippen molar-refractivity contribution < 1.29 is 22.7 Å². The highest BCUT2D eigenvalue weighted by Gasteiger charge is 2.33. The van der Waals surface area contributed by atoms with Crippen LogP contribution in [0.15, 0.2) is 42.5 Å². The van der Waals surface area contributed by atoms with E-state index in [1.807, 2.05) is 0 Å². The highest BCUT2D eigenvalue weighted by molar-refractivity contribution is 7.88. The molecule has 0 unspecified atom stereocenters. The van der Waals surface area contributed by atoms with Gasteiger partial charge >= 0.3 is 0 Å². The lowest BCUT2D eigenvalue weighted by molar-refractivity contribution is -0.120. The molecule has 0 radical (unpaired) electrons. The minimum absolute atomic E-state index is 0.00905. The van der Waals surface area contributed by atoms with E-state index in [0.29, 0.717) is 59.4 Å². The molecule has 2 aliphatic rings. The number of anilines is 1. The number of amides is 2. The second kappa shape index (κ2) is 11.9. The molecule has 0 aromatic heterocycles. The Morgan fingerprint density at radius 1 is 1.06 bits per heavy atom. The van der Waals surface area contributed by atoms with Gasteiger partial charge in [0.1, 0.15) is 0 Å². The summed E-state index contributed by atoms with van der Waals surface area (Å²) >= 11 is 12.0. The Morgan fingerprint density at radius 3 is 2.61 bits per heavy atom. The Morgan fingerprint density at radius 2 is 1.86 bits per heavy atom. The Labute approximate surface area is 221 Å². The zero-order chi connectivity index (χ0) is 25.7. The summed E-state index contributed by atoms with van der Waals surface area (Å²) in [6.45, 7) is 1.53. The maximum atomic E-state index is 13.1. The van der Waals surface area contributed by atoms with Crippen LogP contribution in [0.2, 0.25) is 10.0 Å². The number of hydrogen-bond donors (Lipinski definition) is 2. The number of piperidine rings is 1. The molecule has 11 heteroatoms. The number of rotatable bonds is 8. The molecule has 0 aliphatic carbocycles. The van der Waals surface area contributed by atoms with Gasteiger partial charge in [0.2, 0.25) is 15.9 Å². The Balaban J connectivity index is 1.39. The third-order valence-corrected chi connectivity index (χ3v) is 8.98. The molecule has 2 amide bonds. The molecule has 8 nitrogen and oxygen atoms in total. The first kappa shape index (κ1) is 26.9. The van der Waals surface area contributed by atoms with E-state index in [1.54, 1.807) is 36.4 Å². The number of ether oxygens (including phenoxy) is 1. The van der Waals surface area contributed by atoms with Crippen LogP contribution in [0.1, 0.15) is 41.6 Å². The normalized spacial score (nSPS) is 20.7. The molecule has 2 aliphatic heterocycles. The first-order valence-electron chi connectivity index (χ1n) is 11.9. The van der Waals surface area contributed by atoms with Crippen LogP contribution < -0.4 is 10.6 Å². The first-order valence-corrected chi connectivity index (χ1v) is 14.3. The molecule has 2 N–H and O–H groups in total. The number of para-hydroxylation sites is 1. The van der Waals surface area contributed by atoms with Crippen LogP contribution >= 0.6 is 23.2 Å². The highest BCUT2D eigenvalue weighted by atomic mass is 35.5. The van der Waals surface area contributed by atoms with Gasteiger partial charge in [0, 0.05) is 26.2 Å². The number of sulfonamides is 1. The lowest BCUT2D eigenvalue weighted by atomic mass is 9.98. The summed E-state index contributed by atoms with van der Waals surface area (Å²) in [6.07, 6.45) is 3.01. The van der Waals surface area contributed by atoms with E-state index in [4.69, 9.17) is 27.9 Å². The molecule has 2 fully saturated rings. The summed E-state index contributed by atoms with van der Waals surface area (Å²) in [5, 5.41) is 6.36. The van der Waals surface area contributed by atoms with Crippen LogP contribution in [0.3, 0.4) is 0 Å². The van der Waals surface area contributed by atoms with Gasteiger partial charge < -0.3 is 15.4 Å². The number of hydrogen-bond acceptors (Lipinski definition) is 5. The average Bonchev–Trinajstić information content (AvgIpc) is 3.39. The summed E-state index contributed by atoms with van der Waals surface area (Å²) in [6, 6.07) is 11.5. The quantitative estimate of drug-likeness (QED) is 0.512. The van der Waals surface area contributed by atoms with E-state index < -0.39 is 15.9 Å². The topological polar surface area (TPSA) is 105 Å². The van der Waals surface area contributed by atoms with Gasteiger partial charge in [-0.15, -0.1) is 0 Å². The Bertz CT molecular complexity index is 1220. The van der Waals surface area contributed by atoms with Crippen molar-refractivity contribution in [2.75, 3.05) is 31.6 Å². The van der Waals surface area contributed by atoms with E-state index in [9.17, 15) is 18.0 Å². The maximum Gasteiger partial charge on any atom is 0.253 e. The fraction of sp³-hybridized carbons (Fsp3) is 0.440. The lowest BCUT2D eigenvalue weighted by Gasteiger charge is -2.31. The van der Waals surface area contributed by atoms with Crippen LogP contribution in [0, 0.1) is 5.92 Å². The van der Waals surface area contributed by atoms with Gasteiger partial charge in [-0.1, -0.05) is 41.4 Å². The average molecular weight is 554 g/mol. The second-order valence-corrected chi connectivity index (χ2v) is 11.9. The van der Waals surface area contributed by atoms with Crippen molar-refractivity contribution in [2.24, 2.45) is 5.92 Å². The first-order chi connectivity index (χ1) is 17.2. The van der Waals surface area contributed by atoms with Crippen molar-refractivity contribution in [1.29, 1.82) is 0 Å². The number of nitrogens with one attached hydrogen (secondary N) is 2. The van der Waals surface area contributed by atoms with Gasteiger partial charge in [-0.05, 0) is 55.5 Å². The smallest absolute Gasteiger partial charge is 0.253 e. The molecule has 2 atom stereocenters. The molecule has 0 bridgehead atoms. The van der Waals surface area contributed by atoms with Crippen molar-refractivity contribution in [1.82, 2.24) is 9.62 Å². The molecule has 36 heavy (non-hydrogen) atoms. The monoisotopic (exact) mass is 553 g/mol. The second-order valence-electron chi connectivity index (χ2n) is 9.08. The van der Waals surface area contributed by atoms with Crippen LogP contribution in [-0.2, 0) is 25.3 Å². The van der Waals surface area contributed by atoms with E-state index in [0.717, 1.165) is 12.8 Å². The van der Waals surface area contributed by atoms with Gasteiger partial charge in [-0.3, -0.25) is 9.59 Å². The summed E-state index contributed by atoms with van der Waals surface area (Å²) < 4.78 is 33.0. The predicted octanol–water partition coefficient (Wildman–Crippen LogP) is 4.08. The fourth-order valence-electron chi connectivity index (χ4n) is 4.47. The Kier molecular flexibility index (Phi) is 8.90.